The van der Waals surface area contributed by atoms with E-state index in [9.17, 15) is 23.1 Å². The van der Waals surface area contributed by atoms with Crippen LogP contribution in [0.4, 0.5) is 5.69 Å². The minimum absolute atomic E-state index is 0.0916. The van der Waals surface area contributed by atoms with E-state index in [1.54, 1.807) is 18.2 Å². The van der Waals surface area contributed by atoms with Gasteiger partial charge >= 0.3 is 5.97 Å². The standard InChI is InChI=1S/C19H25N3O5S2/c1-29(26,27)8-7-17(19(24)25)22-18(23)16-4-2-3-12-9-14(5-6-15(12)16)21-10-13(20)11-28/h2-6,9,13,17,21,28H,7-8,10-11,20H2,1H3,(H,22,23)(H,24,25). The summed E-state index contributed by atoms with van der Waals surface area (Å²) in [6.45, 7) is 0.551. The Bertz CT molecular complexity index is 995. The zero-order valence-corrected chi connectivity index (χ0v) is 17.7. The zero-order chi connectivity index (χ0) is 21.6. The van der Waals surface area contributed by atoms with Crippen LogP contribution in [-0.2, 0) is 14.6 Å². The van der Waals surface area contributed by atoms with Gasteiger partial charge in [0.15, 0.2) is 0 Å². The molecule has 8 nitrogen and oxygen atoms in total. The predicted octanol–water partition coefficient (Wildman–Crippen LogP) is 1.13. The minimum atomic E-state index is -3.34. The number of anilines is 1. The molecule has 0 spiro atoms. The summed E-state index contributed by atoms with van der Waals surface area (Å²) in [6.07, 6.45) is 0.817. The Kier molecular flexibility index (Phi) is 7.88. The second-order valence-electron chi connectivity index (χ2n) is 6.85. The van der Waals surface area contributed by atoms with E-state index in [1.165, 1.54) is 0 Å². The highest BCUT2D eigenvalue weighted by Crippen LogP contribution is 2.23. The van der Waals surface area contributed by atoms with E-state index in [1.807, 2.05) is 18.2 Å². The smallest absolute Gasteiger partial charge is 0.326 e. The van der Waals surface area contributed by atoms with E-state index in [-0.39, 0.29) is 18.2 Å². The van der Waals surface area contributed by atoms with Crippen LogP contribution in [0.1, 0.15) is 16.8 Å². The summed E-state index contributed by atoms with van der Waals surface area (Å²) in [5.41, 5.74) is 6.99. The Labute approximate surface area is 175 Å². The molecule has 5 N–H and O–H groups in total. The highest BCUT2D eigenvalue weighted by atomic mass is 32.2. The van der Waals surface area contributed by atoms with Crippen LogP contribution in [0.25, 0.3) is 10.8 Å². The van der Waals surface area contributed by atoms with Crippen molar-refractivity contribution in [1.29, 1.82) is 0 Å². The average molecular weight is 440 g/mol. The molecular weight excluding hydrogens is 414 g/mol. The Morgan fingerprint density at radius 3 is 2.59 bits per heavy atom. The monoisotopic (exact) mass is 439 g/mol. The number of amides is 1. The van der Waals surface area contributed by atoms with Gasteiger partial charge in [-0.15, -0.1) is 0 Å². The van der Waals surface area contributed by atoms with E-state index in [4.69, 9.17) is 5.73 Å². The first-order valence-electron chi connectivity index (χ1n) is 8.95. The van der Waals surface area contributed by atoms with Crippen LogP contribution < -0.4 is 16.4 Å². The summed E-state index contributed by atoms with van der Waals surface area (Å²) < 4.78 is 22.6. The summed E-state index contributed by atoms with van der Waals surface area (Å²) >= 11 is 4.14. The molecule has 1 amide bonds. The van der Waals surface area contributed by atoms with Gasteiger partial charge in [-0.25, -0.2) is 13.2 Å². The third kappa shape index (κ3) is 6.91. The van der Waals surface area contributed by atoms with Crippen LogP contribution >= 0.6 is 12.6 Å². The molecular formula is C19H25N3O5S2. The van der Waals surface area contributed by atoms with Crippen molar-refractivity contribution < 1.29 is 23.1 Å². The van der Waals surface area contributed by atoms with Crippen LogP contribution in [0.15, 0.2) is 36.4 Å². The Morgan fingerprint density at radius 2 is 1.97 bits per heavy atom. The van der Waals surface area contributed by atoms with Crippen molar-refractivity contribution in [1.82, 2.24) is 5.32 Å². The second-order valence-corrected chi connectivity index (χ2v) is 9.47. The lowest BCUT2D eigenvalue weighted by atomic mass is 10.0. The van der Waals surface area contributed by atoms with Gasteiger partial charge < -0.3 is 21.5 Å². The lowest BCUT2D eigenvalue weighted by Crippen LogP contribution is -2.42. The molecule has 2 aromatic rings. The van der Waals surface area contributed by atoms with Gasteiger partial charge in [0.25, 0.3) is 5.91 Å². The van der Waals surface area contributed by atoms with Crippen LogP contribution in [0.2, 0.25) is 0 Å². The molecule has 0 saturated carbocycles. The molecule has 29 heavy (non-hydrogen) atoms. The number of nitrogens with two attached hydrogens (primary N) is 1. The van der Waals surface area contributed by atoms with Crippen molar-refractivity contribution in [3.05, 3.63) is 42.0 Å². The van der Waals surface area contributed by atoms with Crippen LogP contribution in [-0.4, -0.2) is 61.8 Å². The summed E-state index contributed by atoms with van der Waals surface area (Å²) in [4.78, 5) is 24.1. The van der Waals surface area contributed by atoms with Gasteiger partial charge in [0.05, 0.1) is 5.75 Å². The van der Waals surface area contributed by atoms with Gasteiger partial charge in [-0.2, -0.15) is 12.6 Å². The minimum Gasteiger partial charge on any atom is -0.480 e. The van der Waals surface area contributed by atoms with Crippen molar-refractivity contribution in [3.8, 4) is 0 Å². The number of rotatable bonds is 10. The molecule has 0 aromatic heterocycles. The van der Waals surface area contributed by atoms with Gasteiger partial charge in [-0.05, 0) is 35.4 Å². The van der Waals surface area contributed by atoms with Gasteiger partial charge in [-0.1, -0.05) is 18.2 Å². The number of sulfone groups is 1. The Morgan fingerprint density at radius 1 is 1.24 bits per heavy atom. The molecule has 0 aliphatic heterocycles. The number of carboxylic acid groups (broad SMARTS) is 1. The van der Waals surface area contributed by atoms with Crippen molar-refractivity contribution in [2.45, 2.75) is 18.5 Å². The summed E-state index contributed by atoms with van der Waals surface area (Å²) in [6, 6.07) is 9.20. The number of benzene rings is 2. The van der Waals surface area contributed by atoms with E-state index < -0.39 is 27.8 Å². The Balaban J connectivity index is 2.20. The normalized spacial score (nSPS) is 13.6. The maximum absolute atomic E-state index is 12.7. The number of carboxylic acids is 1. The molecule has 2 rings (SSSR count). The highest BCUT2D eigenvalue weighted by molar-refractivity contribution is 7.90. The van der Waals surface area contributed by atoms with Crippen molar-refractivity contribution in [2.24, 2.45) is 5.73 Å². The van der Waals surface area contributed by atoms with Crippen molar-refractivity contribution in [3.63, 3.8) is 0 Å². The molecule has 0 fully saturated rings. The van der Waals surface area contributed by atoms with Gasteiger partial charge in [-0.3, -0.25) is 4.79 Å². The fourth-order valence-corrected chi connectivity index (χ4v) is 3.52. The molecule has 0 bridgehead atoms. The molecule has 0 heterocycles. The topological polar surface area (TPSA) is 139 Å². The van der Waals surface area contributed by atoms with Gasteiger partial charge in [0, 0.05) is 35.8 Å². The molecule has 0 saturated heterocycles. The van der Waals surface area contributed by atoms with E-state index in [2.05, 4.69) is 23.3 Å². The highest BCUT2D eigenvalue weighted by Gasteiger charge is 2.23. The van der Waals surface area contributed by atoms with Crippen molar-refractivity contribution in [2.75, 3.05) is 29.6 Å². The molecule has 158 valence electrons. The van der Waals surface area contributed by atoms with E-state index >= 15 is 0 Å². The molecule has 0 radical (unpaired) electrons. The zero-order valence-electron chi connectivity index (χ0n) is 16.0. The number of nitrogens with one attached hydrogen (secondary N) is 2. The van der Waals surface area contributed by atoms with Gasteiger partial charge in [0.1, 0.15) is 15.9 Å². The first-order chi connectivity index (χ1) is 13.6. The van der Waals surface area contributed by atoms with Gasteiger partial charge in [0.2, 0.25) is 0 Å². The number of fused-ring (bicyclic) bond motifs is 1. The molecule has 2 aromatic carbocycles. The fourth-order valence-electron chi connectivity index (χ4n) is 2.73. The molecule has 2 atom stereocenters. The quantitative estimate of drug-likeness (QED) is 0.350. The fraction of sp³-hybridized carbons (Fsp3) is 0.368. The molecule has 0 aliphatic rings. The largest absolute Gasteiger partial charge is 0.480 e. The number of hydrogen-bond donors (Lipinski definition) is 5. The number of hydrogen-bond acceptors (Lipinski definition) is 7. The summed E-state index contributed by atoms with van der Waals surface area (Å²) in [5, 5.41) is 16.4. The first-order valence-corrected chi connectivity index (χ1v) is 11.6. The maximum Gasteiger partial charge on any atom is 0.326 e. The van der Waals surface area contributed by atoms with Crippen LogP contribution in [0.5, 0.6) is 0 Å². The molecule has 2 unspecified atom stereocenters. The average Bonchev–Trinajstić information content (AvgIpc) is 2.67. The van der Waals surface area contributed by atoms with E-state index in [0.29, 0.717) is 23.2 Å². The predicted molar refractivity (Wildman–Crippen MR) is 117 cm³/mol. The van der Waals surface area contributed by atoms with Crippen LogP contribution in [0.3, 0.4) is 0 Å². The second kappa shape index (κ2) is 9.95. The number of carbonyl (C=O) groups excluding carboxylic acids is 1. The lowest BCUT2D eigenvalue weighted by Gasteiger charge is -2.16. The third-order valence-electron chi connectivity index (χ3n) is 4.31. The first kappa shape index (κ1) is 23.0. The maximum atomic E-state index is 12.7. The van der Waals surface area contributed by atoms with E-state index in [0.717, 1.165) is 17.3 Å². The molecule has 10 heteroatoms. The number of aliphatic carboxylic acids is 1. The molecule has 0 aliphatic carbocycles. The number of thiol groups is 1. The summed E-state index contributed by atoms with van der Waals surface area (Å²) in [5.74, 6) is -1.64. The summed E-state index contributed by atoms with van der Waals surface area (Å²) in [7, 11) is -3.34. The van der Waals surface area contributed by atoms with Crippen molar-refractivity contribution >= 4 is 50.8 Å². The SMILES string of the molecule is CS(=O)(=O)CCC(NC(=O)c1cccc2cc(NCC(N)CS)ccc12)C(=O)O. The van der Waals surface area contributed by atoms with Crippen LogP contribution in [0, 0.1) is 0 Å². The Hall–Kier alpha value is -2.30. The number of carbonyl (C=O) groups is 2. The third-order valence-corrected chi connectivity index (χ3v) is 5.75. The lowest BCUT2D eigenvalue weighted by molar-refractivity contribution is -0.139.